The molecule has 1 aromatic carbocycles. The second-order valence-corrected chi connectivity index (χ2v) is 4.18. The standard InChI is InChI=1S/C12H12F2O3/c13-9-2-1-7(11(14)5-9)6-17-10-3-8(4-10)12(15)16/h1-2,5,8,10H,3-4,6H2,(H,15,16). The number of hydrogen-bond donors (Lipinski definition) is 1. The minimum atomic E-state index is -0.821. The lowest BCUT2D eigenvalue weighted by Crippen LogP contribution is -2.36. The fraction of sp³-hybridized carbons (Fsp3) is 0.417. The van der Waals surface area contributed by atoms with Crippen LogP contribution in [0.4, 0.5) is 8.78 Å². The maximum atomic E-state index is 13.2. The summed E-state index contributed by atoms with van der Waals surface area (Å²) >= 11 is 0. The highest BCUT2D eigenvalue weighted by Gasteiger charge is 2.35. The highest BCUT2D eigenvalue weighted by molar-refractivity contribution is 5.71. The van der Waals surface area contributed by atoms with E-state index in [0.29, 0.717) is 12.8 Å². The molecule has 17 heavy (non-hydrogen) atoms. The van der Waals surface area contributed by atoms with Crippen LogP contribution in [0.25, 0.3) is 0 Å². The van der Waals surface area contributed by atoms with Crippen LogP contribution in [0.2, 0.25) is 0 Å². The largest absolute Gasteiger partial charge is 0.481 e. The Labute approximate surface area is 97.0 Å². The molecule has 0 aromatic heterocycles. The molecular weight excluding hydrogens is 230 g/mol. The van der Waals surface area contributed by atoms with Gasteiger partial charge in [-0.25, -0.2) is 8.78 Å². The number of benzene rings is 1. The van der Waals surface area contributed by atoms with E-state index < -0.39 is 17.6 Å². The summed E-state index contributed by atoms with van der Waals surface area (Å²) in [6.45, 7) is 0.0448. The minimum Gasteiger partial charge on any atom is -0.481 e. The first-order chi connectivity index (χ1) is 8.06. The van der Waals surface area contributed by atoms with Gasteiger partial charge < -0.3 is 9.84 Å². The predicted octanol–water partition coefficient (Wildman–Crippen LogP) is 2.34. The second kappa shape index (κ2) is 4.79. The molecule has 1 fully saturated rings. The lowest BCUT2D eigenvalue weighted by molar-refractivity contribution is -0.151. The molecule has 0 spiro atoms. The highest BCUT2D eigenvalue weighted by atomic mass is 19.1. The Kier molecular flexibility index (Phi) is 3.38. The van der Waals surface area contributed by atoms with E-state index in [1.165, 1.54) is 12.1 Å². The van der Waals surface area contributed by atoms with Gasteiger partial charge in [-0.1, -0.05) is 6.07 Å². The molecule has 1 N–H and O–H groups in total. The normalized spacial score (nSPS) is 23.2. The Balaban J connectivity index is 1.81. The van der Waals surface area contributed by atoms with Gasteiger partial charge in [0.2, 0.25) is 0 Å². The highest BCUT2D eigenvalue weighted by Crippen LogP contribution is 2.31. The van der Waals surface area contributed by atoms with Crippen molar-refractivity contribution in [1.82, 2.24) is 0 Å². The summed E-state index contributed by atoms with van der Waals surface area (Å²) in [6.07, 6.45) is 0.775. The molecule has 2 rings (SSSR count). The van der Waals surface area contributed by atoms with Gasteiger partial charge in [-0.3, -0.25) is 4.79 Å². The molecule has 0 radical (unpaired) electrons. The summed E-state index contributed by atoms with van der Waals surface area (Å²) in [5, 5.41) is 8.65. The van der Waals surface area contributed by atoms with Crippen molar-refractivity contribution >= 4 is 5.97 Å². The van der Waals surface area contributed by atoms with Crippen LogP contribution < -0.4 is 0 Å². The van der Waals surface area contributed by atoms with Crippen LogP contribution in [-0.2, 0) is 16.1 Å². The molecule has 0 saturated heterocycles. The van der Waals surface area contributed by atoms with E-state index in [4.69, 9.17) is 9.84 Å². The van der Waals surface area contributed by atoms with Gasteiger partial charge in [0, 0.05) is 11.6 Å². The first-order valence-corrected chi connectivity index (χ1v) is 5.34. The molecule has 0 heterocycles. The molecule has 0 atom stereocenters. The maximum Gasteiger partial charge on any atom is 0.306 e. The van der Waals surface area contributed by atoms with Crippen molar-refractivity contribution in [2.24, 2.45) is 5.92 Å². The summed E-state index contributed by atoms with van der Waals surface area (Å²) in [7, 11) is 0. The van der Waals surface area contributed by atoms with E-state index >= 15 is 0 Å². The number of carboxylic acids is 1. The Morgan fingerprint density at radius 3 is 2.71 bits per heavy atom. The number of hydrogen-bond acceptors (Lipinski definition) is 2. The SMILES string of the molecule is O=C(O)C1CC(OCc2ccc(F)cc2F)C1. The number of carbonyl (C=O) groups is 1. The number of carboxylic acid groups (broad SMARTS) is 1. The average Bonchev–Trinajstić information content (AvgIpc) is 2.17. The topological polar surface area (TPSA) is 46.5 Å². The molecule has 1 aliphatic rings. The minimum absolute atomic E-state index is 0.0448. The van der Waals surface area contributed by atoms with E-state index in [0.717, 1.165) is 6.07 Å². The van der Waals surface area contributed by atoms with Gasteiger partial charge >= 0.3 is 5.97 Å². The first kappa shape index (κ1) is 12.0. The Bertz CT molecular complexity index is 428. The van der Waals surface area contributed by atoms with Gasteiger partial charge in [-0.05, 0) is 18.9 Å². The average molecular weight is 242 g/mol. The van der Waals surface area contributed by atoms with Crippen molar-refractivity contribution in [3.63, 3.8) is 0 Å². The second-order valence-electron chi connectivity index (χ2n) is 4.18. The summed E-state index contributed by atoms with van der Waals surface area (Å²) in [5.41, 5.74) is 0.283. The first-order valence-electron chi connectivity index (χ1n) is 5.34. The van der Waals surface area contributed by atoms with Gasteiger partial charge in [-0.15, -0.1) is 0 Å². The third-order valence-electron chi connectivity index (χ3n) is 2.93. The fourth-order valence-corrected chi connectivity index (χ4v) is 1.75. The van der Waals surface area contributed by atoms with Crippen LogP contribution in [0.1, 0.15) is 18.4 Å². The van der Waals surface area contributed by atoms with E-state index in [1.54, 1.807) is 0 Å². The molecule has 5 heteroatoms. The molecule has 0 aliphatic heterocycles. The van der Waals surface area contributed by atoms with E-state index in [2.05, 4.69) is 0 Å². The van der Waals surface area contributed by atoms with Crippen molar-refractivity contribution in [3.05, 3.63) is 35.4 Å². The van der Waals surface area contributed by atoms with E-state index in [1.807, 2.05) is 0 Å². The number of aliphatic carboxylic acids is 1. The van der Waals surface area contributed by atoms with Crippen LogP contribution in [0.5, 0.6) is 0 Å². The Morgan fingerprint density at radius 2 is 2.12 bits per heavy atom. The predicted molar refractivity (Wildman–Crippen MR) is 55.3 cm³/mol. The molecule has 1 saturated carbocycles. The van der Waals surface area contributed by atoms with Crippen LogP contribution in [0.15, 0.2) is 18.2 Å². The van der Waals surface area contributed by atoms with Crippen LogP contribution in [-0.4, -0.2) is 17.2 Å². The van der Waals surface area contributed by atoms with Crippen LogP contribution in [0, 0.1) is 17.6 Å². The van der Waals surface area contributed by atoms with E-state index in [-0.39, 0.29) is 24.2 Å². The van der Waals surface area contributed by atoms with Crippen LogP contribution in [0.3, 0.4) is 0 Å². The molecule has 0 bridgehead atoms. The maximum absolute atomic E-state index is 13.2. The lowest BCUT2D eigenvalue weighted by Gasteiger charge is -2.32. The van der Waals surface area contributed by atoms with Gasteiger partial charge in [0.05, 0.1) is 18.6 Å². The third kappa shape index (κ3) is 2.79. The number of ether oxygens (including phenoxy) is 1. The summed E-state index contributed by atoms with van der Waals surface area (Å²) in [6, 6.07) is 3.31. The monoisotopic (exact) mass is 242 g/mol. The molecule has 1 aromatic rings. The molecular formula is C12H12F2O3. The zero-order valence-electron chi connectivity index (χ0n) is 9.03. The zero-order valence-corrected chi connectivity index (χ0v) is 9.03. The molecule has 1 aliphatic carbocycles. The van der Waals surface area contributed by atoms with Gasteiger partial charge in [0.1, 0.15) is 11.6 Å². The summed E-state index contributed by atoms with van der Waals surface area (Å²) < 4.78 is 31.2. The van der Waals surface area contributed by atoms with Crippen molar-refractivity contribution in [1.29, 1.82) is 0 Å². The zero-order chi connectivity index (χ0) is 12.4. The van der Waals surface area contributed by atoms with E-state index in [9.17, 15) is 13.6 Å². The lowest BCUT2D eigenvalue weighted by atomic mass is 9.82. The molecule has 3 nitrogen and oxygen atoms in total. The van der Waals surface area contributed by atoms with Crippen molar-refractivity contribution in [2.45, 2.75) is 25.6 Å². The third-order valence-corrected chi connectivity index (χ3v) is 2.93. The van der Waals surface area contributed by atoms with Crippen molar-refractivity contribution < 1.29 is 23.4 Å². The molecule has 0 amide bonds. The fourth-order valence-electron chi connectivity index (χ4n) is 1.75. The Morgan fingerprint density at radius 1 is 1.41 bits per heavy atom. The van der Waals surface area contributed by atoms with Crippen molar-refractivity contribution in [3.8, 4) is 0 Å². The number of halogens is 2. The summed E-state index contributed by atoms with van der Waals surface area (Å²) in [4.78, 5) is 10.5. The van der Waals surface area contributed by atoms with Gasteiger partial charge in [0.15, 0.2) is 0 Å². The molecule has 92 valence electrons. The van der Waals surface area contributed by atoms with Crippen LogP contribution >= 0.6 is 0 Å². The smallest absolute Gasteiger partial charge is 0.306 e. The van der Waals surface area contributed by atoms with Crippen molar-refractivity contribution in [2.75, 3.05) is 0 Å². The molecule has 0 unspecified atom stereocenters. The van der Waals surface area contributed by atoms with Gasteiger partial charge in [0.25, 0.3) is 0 Å². The summed E-state index contributed by atoms with van der Waals surface area (Å²) in [5.74, 6) is -2.43. The Hall–Kier alpha value is -1.49. The quantitative estimate of drug-likeness (QED) is 0.881. The number of rotatable bonds is 4. The van der Waals surface area contributed by atoms with Gasteiger partial charge in [-0.2, -0.15) is 0 Å².